The molecule has 0 aliphatic rings. The molecule has 6 nitrogen and oxygen atoms in total. The van der Waals surface area contributed by atoms with Gasteiger partial charge in [-0.1, -0.05) is 25.3 Å². The van der Waals surface area contributed by atoms with Crippen LogP contribution in [0.4, 0.5) is 5.95 Å². The van der Waals surface area contributed by atoms with Crippen LogP contribution in [0.15, 0.2) is 49.6 Å². The quantitative estimate of drug-likeness (QED) is 0.585. The van der Waals surface area contributed by atoms with E-state index in [1.807, 2.05) is 18.7 Å². The van der Waals surface area contributed by atoms with Crippen LogP contribution in [-0.2, 0) is 0 Å². The minimum atomic E-state index is 0.188. The maximum absolute atomic E-state index is 5.52. The Morgan fingerprint density at radius 2 is 1.35 bits per heavy atom. The lowest BCUT2D eigenvalue weighted by molar-refractivity contribution is 0.290. The molecule has 0 N–H and O–H groups in total. The van der Waals surface area contributed by atoms with E-state index in [2.05, 4.69) is 41.3 Å². The first-order valence-electron chi connectivity index (χ1n) is 7.23. The highest BCUT2D eigenvalue weighted by Crippen LogP contribution is 2.17. The summed E-state index contributed by atoms with van der Waals surface area (Å²) in [5.74, 6) is 0.438. The average Bonchev–Trinajstić information content (AvgIpc) is 2.50. The van der Waals surface area contributed by atoms with Gasteiger partial charge in [0.05, 0.1) is 0 Å². The van der Waals surface area contributed by atoms with Crippen molar-refractivity contribution in [1.82, 2.24) is 15.0 Å². The molecule has 0 fully saturated rings. The molecule has 23 heavy (non-hydrogen) atoms. The molecule has 124 valence electrons. The lowest BCUT2D eigenvalue weighted by atomic mass is 10.4. The highest BCUT2D eigenvalue weighted by molar-refractivity contribution is 5.34. The zero-order chi connectivity index (χ0) is 17.2. The highest BCUT2D eigenvalue weighted by Gasteiger charge is 2.14. The van der Waals surface area contributed by atoms with Gasteiger partial charge in [0.25, 0.3) is 0 Å². The van der Waals surface area contributed by atoms with Crippen LogP contribution in [0.3, 0.4) is 0 Å². The lowest BCUT2D eigenvalue weighted by Gasteiger charge is -2.20. The molecule has 1 aromatic rings. The van der Waals surface area contributed by atoms with Gasteiger partial charge in [-0.05, 0) is 25.0 Å². The van der Waals surface area contributed by atoms with Crippen molar-refractivity contribution in [3.63, 3.8) is 0 Å². The van der Waals surface area contributed by atoms with Gasteiger partial charge in [0.15, 0.2) is 0 Å². The van der Waals surface area contributed by atoms with E-state index in [0.717, 1.165) is 11.1 Å². The van der Waals surface area contributed by atoms with Gasteiger partial charge in [0.1, 0.15) is 13.2 Å². The second-order valence-corrected chi connectivity index (χ2v) is 5.17. The zero-order valence-electron chi connectivity index (χ0n) is 13.9. The normalized spacial score (nSPS) is 9.83. The molecule has 0 aliphatic heterocycles. The second kappa shape index (κ2) is 9.40. The summed E-state index contributed by atoms with van der Waals surface area (Å²) in [5, 5.41) is 0. The van der Waals surface area contributed by atoms with Crippen LogP contribution in [0.5, 0.6) is 12.0 Å². The van der Waals surface area contributed by atoms with Crippen molar-refractivity contribution in [2.75, 3.05) is 31.2 Å². The van der Waals surface area contributed by atoms with Gasteiger partial charge in [-0.15, -0.1) is 18.1 Å². The van der Waals surface area contributed by atoms with Crippen molar-refractivity contribution in [3.8, 4) is 12.0 Å². The Balaban J connectivity index is 3.08. The summed E-state index contributed by atoms with van der Waals surface area (Å²) in [6.45, 7) is 20.6. The van der Waals surface area contributed by atoms with Crippen LogP contribution in [0.1, 0.15) is 13.8 Å². The summed E-state index contributed by atoms with van der Waals surface area (Å²) >= 11 is 0. The third-order valence-electron chi connectivity index (χ3n) is 2.46. The number of anilines is 1. The lowest BCUT2D eigenvalue weighted by Crippen LogP contribution is -2.26. The molecule has 0 amide bonds. The van der Waals surface area contributed by atoms with E-state index in [0.29, 0.717) is 32.3 Å². The van der Waals surface area contributed by atoms with Gasteiger partial charge >= 0.3 is 12.0 Å². The third kappa shape index (κ3) is 6.78. The van der Waals surface area contributed by atoms with Crippen molar-refractivity contribution in [2.45, 2.75) is 13.8 Å². The standard InChI is InChI=1S/C17H24N4O2/c1-7-9-21(10-8-2)15-18-16(22-11-13(3)4)20-17(19-15)23-12-14(5)6/h7-8H,1-3,5,9-12H2,4,6H3. The first kappa shape index (κ1) is 18.4. The Bertz CT molecular complexity index is 538. The Kier molecular flexibility index (Phi) is 7.53. The summed E-state index contributed by atoms with van der Waals surface area (Å²) in [6, 6.07) is 0.376. The van der Waals surface area contributed by atoms with Gasteiger partial charge in [0.2, 0.25) is 5.95 Å². The second-order valence-electron chi connectivity index (χ2n) is 5.17. The smallest absolute Gasteiger partial charge is 0.324 e. The van der Waals surface area contributed by atoms with E-state index in [9.17, 15) is 0 Å². The monoisotopic (exact) mass is 316 g/mol. The maximum atomic E-state index is 5.52. The Morgan fingerprint density at radius 1 is 0.913 bits per heavy atom. The summed E-state index contributed by atoms with van der Waals surface area (Å²) < 4.78 is 11.0. The molecule has 1 heterocycles. The van der Waals surface area contributed by atoms with Gasteiger partial charge in [-0.3, -0.25) is 0 Å². The van der Waals surface area contributed by atoms with Crippen LogP contribution in [0.25, 0.3) is 0 Å². The van der Waals surface area contributed by atoms with Crippen molar-refractivity contribution >= 4 is 5.95 Å². The SMILES string of the molecule is C=CCN(CC=C)c1nc(OCC(=C)C)nc(OCC(=C)C)n1. The van der Waals surface area contributed by atoms with E-state index in [1.54, 1.807) is 12.2 Å². The minimum absolute atomic E-state index is 0.188. The fourth-order valence-electron chi connectivity index (χ4n) is 1.52. The molecular formula is C17H24N4O2. The molecule has 0 bridgehead atoms. The molecule has 0 spiro atoms. The molecule has 0 aromatic carbocycles. The zero-order valence-corrected chi connectivity index (χ0v) is 13.9. The summed E-state index contributed by atoms with van der Waals surface area (Å²) in [7, 11) is 0. The van der Waals surface area contributed by atoms with E-state index < -0.39 is 0 Å². The number of hydrogen-bond acceptors (Lipinski definition) is 6. The van der Waals surface area contributed by atoms with Crippen LogP contribution < -0.4 is 14.4 Å². The fourth-order valence-corrected chi connectivity index (χ4v) is 1.52. The van der Waals surface area contributed by atoms with E-state index in [4.69, 9.17) is 9.47 Å². The molecular weight excluding hydrogens is 292 g/mol. The number of nitrogens with zero attached hydrogens (tertiary/aromatic N) is 4. The van der Waals surface area contributed by atoms with Crippen LogP contribution in [0.2, 0.25) is 0 Å². The molecule has 1 aromatic heterocycles. The Morgan fingerprint density at radius 3 is 1.70 bits per heavy atom. The molecule has 0 saturated carbocycles. The largest absolute Gasteiger partial charge is 0.459 e. The minimum Gasteiger partial charge on any atom is -0.459 e. The molecule has 6 heteroatoms. The van der Waals surface area contributed by atoms with E-state index in [-0.39, 0.29) is 12.0 Å². The summed E-state index contributed by atoms with van der Waals surface area (Å²) in [6.07, 6.45) is 3.52. The first-order valence-corrected chi connectivity index (χ1v) is 7.23. The molecule has 0 radical (unpaired) electrons. The fraction of sp³-hybridized carbons (Fsp3) is 0.353. The topological polar surface area (TPSA) is 60.4 Å². The van der Waals surface area contributed by atoms with Crippen molar-refractivity contribution in [2.24, 2.45) is 0 Å². The van der Waals surface area contributed by atoms with Gasteiger partial charge < -0.3 is 14.4 Å². The van der Waals surface area contributed by atoms with Crippen LogP contribution in [-0.4, -0.2) is 41.3 Å². The maximum Gasteiger partial charge on any atom is 0.324 e. The van der Waals surface area contributed by atoms with Crippen LogP contribution in [0, 0.1) is 0 Å². The summed E-state index contributed by atoms with van der Waals surface area (Å²) in [5.41, 5.74) is 1.73. The predicted octanol–water partition coefficient (Wildman–Crippen LogP) is 2.96. The van der Waals surface area contributed by atoms with Crippen LogP contribution >= 0.6 is 0 Å². The Hall–Kier alpha value is -2.63. The van der Waals surface area contributed by atoms with Gasteiger partial charge in [0, 0.05) is 13.1 Å². The van der Waals surface area contributed by atoms with Crippen molar-refractivity contribution in [1.29, 1.82) is 0 Å². The summed E-state index contributed by atoms with van der Waals surface area (Å²) in [4.78, 5) is 14.7. The average molecular weight is 316 g/mol. The van der Waals surface area contributed by atoms with Gasteiger partial charge in [-0.25, -0.2) is 0 Å². The van der Waals surface area contributed by atoms with Crippen molar-refractivity contribution in [3.05, 3.63) is 49.6 Å². The van der Waals surface area contributed by atoms with Gasteiger partial charge in [-0.2, -0.15) is 9.97 Å². The first-order chi connectivity index (χ1) is 11.0. The van der Waals surface area contributed by atoms with E-state index in [1.165, 1.54) is 0 Å². The molecule has 1 rings (SSSR count). The number of ether oxygens (including phenoxy) is 2. The van der Waals surface area contributed by atoms with Crippen molar-refractivity contribution < 1.29 is 9.47 Å². The molecule has 0 aliphatic carbocycles. The number of aromatic nitrogens is 3. The highest BCUT2D eigenvalue weighted by atomic mass is 16.5. The Labute approximate surface area is 137 Å². The third-order valence-corrected chi connectivity index (χ3v) is 2.46. The molecule has 0 unspecified atom stereocenters. The van der Waals surface area contributed by atoms with E-state index >= 15 is 0 Å². The molecule has 0 atom stereocenters. The number of rotatable bonds is 11. The predicted molar refractivity (Wildman–Crippen MR) is 93.1 cm³/mol. The number of hydrogen-bond donors (Lipinski definition) is 0. The molecule has 0 saturated heterocycles.